The van der Waals surface area contributed by atoms with Crippen LogP contribution in [0.3, 0.4) is 0 Å². The average molecular weight is 745 g/mol. The Morgan fingerprint density at radius 1 is 0.333 bits per heavy atom. The molecule has 0 N–H and O–H groups in total. The number of aromatic nitrogens is 4. The lowest BCUT2D eigenvalue weighted by Crippen LogP contribution is -2.74. The lowest BCUT2D eigenvalue weighted by molar-refractivity contribution is 1.13. The minimum Gasteiger partial charge on any atom is -0.309 e. The number of rotatable bonds is 7. The number of pyridine rings is 2. The van der Waals surface area contributed by atoms with Crippen LogP contribution in [0.4, 0.5) is 0 Å². The lowest BCUT2D eigenvalue weighted by atomic mass is 10.1. The van der Waals surface area contributed by atoms with Gasteiger partial charge in [0.1, 0.15) is 5.65 Å². The molecule has 4 aromatic heterocycles. The van der Waals surface area contributed by atoms with E-state index in [1.54, 1.807) is 0 Å². The van der Waals surface area contributed by atoms with Crippen LogP contribution in [-0.2, 0) is 0 Å². The smallest absolute Gasteiger partial charge is 0.179 e. The van der Waals surface area contributed by atoms with Gasteiger partial charge in [0, 0.05) is 50.9 Å². The molecule has 0 spiro atoms. The van der Waals surface area contributed by atoms with Gasteiger partial charge >= 0.3 is 0 Å². The van der Waals surface area contributed by atoms with Gasteiger partial charge < -0.3 is 4.57 Å². The molecule has 4 heterocycles. The van der Waals surface area contributed by atoms with Gasteiger partial charge in [0.2, 0.25) is 0 Å². The van der Waals surface area contributed by atoms with Crippen molar-refractivity contribution in [2.45, 2.75) is 0 Å². The van der Waals surface area contributed by atoms with Crippen molar-refractivity contribution in [1.82, 2.24) is 19.1 Å². The number of nitrogens with zero attached hydrogens (tertiary/aromatic N) is 4. The Hall–Kier alpha value is -7.34. The zero-order chi connectivity index (χ0) is 37.8. The SMILES string of the molecule is c1ccc(-n2c3ccccc3c3cc4c5cccnc5n(-c5cccc([Si](c6ccccc6)(c6ccccc6)c6cccc(-c7ccccn7)c6)c5)c4cc32)cc1. The summed E-state index contributed by atoms with van der Waals surface area (Å²) >= 11 is 0. The minimum absolute atomic E-state index is 0.941. The van der Waals surface area contributed by atoms with Gasteiger partial charge in [0.15, 0.2) is 8.07 Å². The largest absolute Gasteiger partial charge is 0.309 e. The molecule has 11 rings (SSSR count). The van der Waals surface area contributed by atoms with Gasteiger partial charge in [-0.1, -0.05) is 140 Å². The summed E-state index contributed by atoms with van der Waals surface area (Å²) in [6.07, 6.45) is 3.79. The normalized spacial score (nSPS) is 11.9. The minimum atomic E-state index is -2.93. The van der Waals surface area contributed by atoms with Crippen LogP contribution in [0.2, 0.25) is 0 Å². The summed E-state index contributed by atoms with van der Waals surface area (Å²) in [5, 5.41) is 10.0. The molecule has 0 saturated heterocycles. The van der Waals surface area contributed by atoms with Crippen LogP contribution in [0.5, 0.6) is 0 Å². The molecule has 0 aliphatic rings. The Labute approximate surface area is 331 Å². The fraction of sp³-hybridized carbons (Fsp3) is 0. The standard InChI is InChI=1S/C52H36N4Si/c1-4-18-38(19-5-1)55-49-30-11-10-27-44(49)46-35-47-45-28-16-32-54-52(45)56(51(47)36-50(46)55)39-20-15-26-43(34-39)57(40-21-6-2-7-22-40,41-23-8-3-9-24-41)42-25-14-17-37(33-42)48-29-12-13-31-53-48/h1-36H. The number of benzene rings is 7. The molecule has 0 fully saturated rings. The van der Waals surface area contributed by atoms with Crippen molar-refractivity contribution in [3.05, 3.63) is 219 Å². The van der Waals surface area contributed by atoms with Gasteiger partial charge in [0.25, 0.3) is 0 Å². The van der Waals surface area contributed by atoms with Crippen LogP contribution in [0.25, 0.3) is 66.4 Å². The summed E-state index contributed by atoms with van der Waals surface area (Å²) in [5.74, 6) is 0. The van der Waals surface area contributed by atoms with Crippen molar-refractivity contribution in [2.24, 2.45) is 0 Å². The van der Waals surface area contributed by atoms with Crippen LogP contribution in [0.1, 0.15) is 0 Å². The number of hydrogen-bond acceptors (Lipinski definition) is 2. The van der Waals surface area contributed by atoms with Gasteiger partial charge in [-0.3, -0.25) is 9.55 Å². The highest BCUT2D eigenvalue weighted by molar-refractivity contribution is 7.20. The van der Waals surface area contributed by atoms with Crippen molar-refractivity contribution in [1.29, 1.82) is 0 Å². The van der Waals surface area contributed by atoms with Gasteiger partial charge in [-0.25, -0.2) is 4.98 Å². The van der Waals surface area contributed by atoms with Crippen molar-refractivity contribution >= 4 is 72.6 Å². The first-order valence-corrected chi connectivity index (χ1v) is 21.4. The van der Waals surface area contributed by atoms with E-state index in [0.29, 0.717) is 0 Å². The van der Waals surface area contributed by atoms with Crippen molar-refractivity contribution in [3.63, 3.8) is 0 Å². The van der Waals surface area contributed by atoms with E-state index in [4.69, 9.17) is 9.97 Å². The molecule has 0 atom stereocenters. The maximum atomic E-state index is 5.08. The molecule has 0 radical (unpaired) electrons. The molecule has 11 aromatic rings. The van der Waals surface area contributed by atoms with Crippen LogP contribution >= 0.6 is 0 Å². The van der Waals surface area contributed by atoms with Crippen molar-refractivity contribution in [3.8, 4) is 22.6 Å². The van der Waals surface area contributed by atoms with E-state index in [2.05, 4.69) is 209 Å². The van der Waals surface area contributed by atoms with E-state index in [1.807, 2.05) is 18.5 Å². The van der Waals surface area contributed by atoms with Gasteiger partial charge in [-0.05, 0) is 87.5 Å². The first kappa shape index (κ1) is 33.0. The first-order valence-electron chi connectivity index (χ1n) is 19.4. The van der Waals surface area contributed by atoms with Crippen molar-refractivity contribution in [2.75, 3.05) is 0 Å². The van der Waals surface area contributed by atoms with E-state index in [9.17, 15) is 0 Å². The van der Waals surface area contributed by atoms with Gasteiger partial charge in [-0.15, -0.1) is 0 Å². The molecule has 7 aromatic carbocycles. The molecule has 0 amide bonds. The lowest BCUT2D eigenvalue weighted by Gasteiger charge is -2.35. The quantitative estimate of drug-likeness (QED) is 0.120. The fourth-order valence-electron chi connectivity index (χ4n) is 9.12. The second-order valence-electron chi connectivity index (χ2n) is 14.6. The molecule has 5 heteroatoms. The summed E-state index contributed by atoms with van der Waals surface area (Å²) in [6, 6.07) is 75.2. The highest BCUT2D eigenvalue weighted by atomic mass is 28.3. The molecular weight excluding hydrogens is 709 g/mol. The molecule has 4 nitrogen and oxygen atoms in total. The zero-order valence-electron chi connectivity index (χ0n) is 31.1. The second-order valence-corrected chi connectivity index (χ2v) is 18.4. The summed E-state index contributed by atoms with van der Waals surface area (Å²) in [4.78, 5) is 9.85. The Bertz CT molecular complexity index is 3190. The van der Waals surface area contributed by atoms with Crippen LogP contribution in [0, 0.1) is 0 Å². The molecule has 0 bridgehead atoms. The highest BCUT2D eigenvalue weighted by Gasteiger charge is 2.42. The Balaban J connectivity index is 1.22. The third kappa shape index (κ3) is 5.20. The predicted octanol–water partition coefficient (Wildman–Crippen LogP) is 9.72. The Kier molecular flexibility index (Phi) is 7.79. The van der Waals surface area contributed by atoms with Crippen LogP contribution in [-0.4, -0.2) is 27.2 Å². The molecule has 0 unspecified atom stereocenters. The van der Waals surface area contributed by atoms with Gasteiger partial charge in [-0.2, -0.15) is 0 Å². The maximum Gasteiger partial charge on any atom is 0.179 e. The Morgan fingerprint density at radius 3 is 1.67 bits per heavy atom. The third-order valence-corrected chi connectivity index (χ3v) is 16.3. The van der Waals surface area contributed by atoms with Crippen molar-refractivity contribution < 1.29 is 0 Å². The monoisotopic (exact) mass is 744 g/mol. The van der Waals surface area contributed by atoms with E-state index >= 15 is 0 Å². The van der Waals surface area contributed by atoms with E-state index in [1.165, 1.54) is 47.9 Å². The summed E-state index contributed by atoms with van der Waals surface area (Å²) in [6.45, 7) is 0. The predicted molar refractivity (Wildman–Crippen MR) is 240 cm³/mol. The molecule has 0 aliphatic heterocycles. The maximum absolute atomic E-state index is 5.08. The first-order chi connectivity index (χ1) is 28.3. The molecule has 0 saturated carbocycles. The summed E-state index contributed by atoms with van der Waals surface area (Å²) in [5.41, 5.74) is 8.72. The number of fused-ring (bicyclic) bond motifs is 6. The van der Waals surface area contributed by atoms with Crippen LogP contribution < -0.4 is 20.7 Å². The summed E-state index contributed by atoms with van der Waals surface area (Å²) < 4.78 is 4.77. The zero-order valence-corrected chi connectivity index (χ0v) is 32.1. The molecule has 57 heavy (non-hydrogen) atoms. The third-order valence-electron chi connectivity index (χ3n) is 11.5. The highest BCUT2D eigenvalue weighted by Crippen LogP contribution is 2.39. The molecule has 268 valence electrons. The summed E-state index contributed by atoms with van der Waals surface area (Å²) in [7, 11) is -2.93. The molecular formula is C52H36N4Si. The average Bonchev–Trinajstić information content (AvgIpc) is 3.79. The van der Waals surface area contributed by atoms with E-state index in [-0.39, 0.29) is 0 Å². The number of hydrogen-bond donors (Lipinski definition) is 0. The Morgan fingerprint density at radius 2 is 0.912 bits per heavy atom. The molecule has 0 aliphatic carbocycles. The second kappa shape index (κ2) is 13.4. The number of para-hydroxylation sites is 2. The van der Waals surface area contributed by atoms with Gasteiger partial charge in [0.05, 0.1) is 22.2 Å². The van der Waals surface area contributed by atoms with Crippen LogP contribution in [0.15, 0.2) is 219 Å². The fourth-order valence-corrected chi connectivity index (χ4v) is 13.9. The van der Waals surface area contributed by atoms with E-state index in [0.717, 1.165) is 39.2 Å². The topological polar surface area (TPSA) is 35.6 Å². The van der Waals surface area contributed by atoms with E-state index < -0.39 is 8.07 Å².